The molecular formula is C10H21N3O3. The Morgan fingerprint density at radius 2 is 1.94 bits per heavy atom. The van der Waals surface area contributed by atoms with Gasteiger partial charge in [-0.25, -0.2) is 0 Å². The second-order valence-corrected chi connectivity index (χ2v) is 3.30. The third-order valence-corrected chi connectivity index (χ3v) is 1.95. The van der Waals surface area contributed by atoms with E-state index in [1.165, 1.54) is 0 Å². The zero-order chi connectivity index (χ0) is 12.2. The monoisotopic (exact) mass is 231 g/mol. The summed E-state index contributed by atoms with van der Waals surface area (Å²) in [6.07, 6.45) is 1.21. The molecule has 2 amide bonds. The van der Waals surface area contributed by atoms with Crippen LogP contribution in [-0.4, -0.2) is 52.2 Å². The molecule has 0 aliphatic rings. The van der Waals surface area contributed by atoms with E-state index < -0.39 is 0 Å². The number of rotatable bonds is 9. The lowest BCUT2D eigenvalue weighted by atomic mass is 10.3. The molecule has 0 aromatic rings. The van der Waals surface area contributed by atoms with E-state index in [1.54, 1.807) is 14.2 Å². The number of carbonyl (C=O) groups excluding carboxylic acids is 2. The van der Waals surface area contributed by atoms with E-state index in [9.17, 15) is 9.59 Å². The van der Waals surface area contributed by atoms with E-state index in [0.717, 1.165) is 6.42 Å². The average molecular weight is 231 g/mol. The van der Waals surface area contributed by atoms with Crippen molar-refractivity contribution in [2.75, 3.05) is 40.4 Å². The summed E-state index contributed by atoms with van der Waals surface area (Å²) in [6.45, 7) is 1.97. The maximum atomic E-state index is 11.2. The molecule has 0 fully saturated rings. The van der Waals surface area contributed by atoms with Crippen molar-refractivity contribution < 1.29 is 14.3 Å². The fourth-order valence-electron chi connectivity index (χ4n) is 1.06. The van der Waals surface area contributed by atoms with Gasteiger partial charge in [-0.1, -0.05) is 0 Å². The largest absolute Gasteiger partial charge is 0.383 e. The van der Waals surface area contributed by atoms with E-state index in [4.69, 9.17) is 4.74 Å². The molecular weight excluding hydrogens is 210 g/mol. The van der Waals surface area contributed by atoms with Gasteiger partial charge in [0.15, 0.2) is 0 Å². The molecule has 3 N–H and O–H groups in total. The van der Waals surface area contributed by atoms with Gasteiger partial charge in [0, 0.05) is 27.1 Å². The van der Waals surface area contributed by atoms with Crippen molar-refractivity contribution in [2.24, 2.45) is 0 Å². The molecule has 0 spiro atoms. The Bertz CT molecular complexity index is 209. The Kier molecular flexibility index (Phi) is 9.64. The number of hydrogen-bond acceptors (Lipinski definition) is 4. The van der Waals surface area contributed by atoms with Crippen LogP contribution in [0, 0.1) is 0 Å². The molecule has 94 valence electrons. The summed E-state index contributed by atoms with van der Waals surface area (Å²) in [5.41, 5.74) is 0. The van der Waals surface area contributed by atoms with Crippen molar-refractivity contribution in [3.05, 3.63) is 0 Å². The van der Waals surface area contributed by atoms with Gasteiger partial charge in [-0.05, 0) is 13.0 Å². The molecule has 0 bridgehead atoms. The highest BCUT2D eigenvalue weighted by Gasteiger charge is 2.00. The molecule has 6 heteroatoms. The maximum Gasteiger partial charge on any atom is 0.234 e. The molecule has 16 heavy (non-hydrogen) atoms. The summed E-state index contributed by atoms with van der Waals surface area (Å²) in [4.78, 5) is 22.0. The number of carbonyl (C=O) groups is 2. The average Bonchev–Trinajstić information content (AvgIpc) is 2.28. The van der Waals surface area contributed by atoms with Gasteiger partial charge in [-0.2, -0.15) is 0 Å². The lowest BCUT2D eigenvalue weighted by molar-refractivity contribution is -0.120. The fraction of sp³-hybridized carbons (Fsp3) is 0.800. The minimum Gasteiger partial charge on any atom is -0.383 e. The molecule has 6 nitrogen and oxygen atoms in total. The first-order valence-electron chi connectivity index (χ1n) is 5.37. The van der Waals surface area contributed by atoms with Crippen LogP contribution >= 0.6 is 0 Å². The number of nitrogens with one attached hydrogen (secondary N) is 3. The highest BCUT2D eigenvalue weighted by molar-refractivity contribution is 5.78. The fourth-order valence-corrected chi connectivity index (χ4v) is 1.06. The van der Waals surface area contributed by atoms with Gasteiger partial charge in [0.1, 0.15) is 0 Å². The Morgan fingerprint density at radius 1 is 1.19 bits per heavy atom. The van der Waals surface area contributed by atoms with Crippen molar-refractivity contribution in [1.82, 2.24) is 16.0 Å². The third-order valence-electron chi connectivity index (χ3n) is 1.95. The number of amides is 2. The first-order valence-corrected chi connectivity index (χ1v) is 5.37. The lowest BCUT2D eigenvalue weighted by Gasteiger charge is -2.05. The van der Waals surface area contributed by atoms with E-state index in [2.05, 4.69) is 16.0 Å². The molecule has 0 saturated carbocycles. The van der Waals surface area contributed by atoms with Gasteiger partial charge in [0.2, 0.25) is 11.8 Å². The lowest BCUT2D eigenvalue weighted by Crippen LogP contribution is -2.36. The summed E-state index contributed by atoms with van der Waals surface area (Å²) < 4.78 is 4.79. The second-order valence-electron chi connectivity index (χ2n) is 3.30. The van der Waals surface area contributed by atoms with Crippen LogP contribution in [0.3, 0.4) is 0 Å². The molecule has 0 heterocycles. The van der Waals surface area contributed by atoms with E-state index >= 15 is 0 Å². The van der Waals surface area contributed by atoms with Crippen LogP contribution in [0.5, 0.6) is 0 Å². The molecule has 0 rings (SSSR count). The number of hydrogen-bond donors (Lipinski definition) is 3. The van der Waals surface area contributed by atoms with Crippen molar-refractivity contribution in [3.8, 4) is 0 Å². The van der Waals surface area contributed by atoms with E-state index in [1.807, 2.05) is 0 Å². The van der Waals surface area contributed by atoms with E-state index in [0.29, 0.717) is 26.1 Å². The first kappa shape index (κ1) is 14.9. The smallest absolute Gasteiger partial charge is 0.234 e. The summed E-state index contributed by atoms with van der Waals surface area (Å²) in [6, 6.07) is 0. The molecule has 0 aliphatic heterocycles. The zero-order valence-corrected chi connectivity index (χ0v) is 9.97. The van der Waals surface area contributed by atoms with Crippen LogP contribution < -0.4 is 16.0 Å². The zero-order valence-electron chi connectivity index (χ0n) is 9.97. The molecule has 0 atom stereocenters. The predicted molar refractivity (Wildman–Crippen MR) is 61.1 cm³/mol. The molecule has 0 radical (unpaired) electrons. The Morgan fingerprint density at radius 3 is 2.56 bits per heavy atom. The number of methoxy groups -OCH3 is 1. The summed E-state index contributed by atoms with van der Waals surface area (Å²) in [5.74, 6) is -0.0386. The number of ether oxygens (including phenoxy) is 1. The van der Waals surface area contributed by atoms with Crippen molar-refractivity contribution in [3.63, 3.8) is 0 Å². The van der Waals surface area contributed by atoms with Gasteiger partial charge in [-0.3, -0.25) is 9.59 Å². The topological polar surface area (TPSA) is 79.5 Å². The molecule has 0 saturated heterocycles. The first-order chi connectivity index (χ1) is 7.70. The van der Waals surface area contributed by atoms with Crippen molar-refractivity contribution in [1.29, 1.82) is 0 Å². The second kappa shape index (κ2) is 10.4. The summed E-state index contributed by atoms with van der Waals surface area (Å²) in [7, 11) is 3.20. The van der Waals surface area contributed by atoms with Crippen LogP contribution in [0.25, 0.3) is 0 Å². The van der Waals surface area contributed by atoms with Crippen molar-refractivity contribution in [2.45, 2.75) is 12.8 Å². The van der Waals surface area contributed by atoms with Gasteiger partial charge in [0.05, 0.1) is 13.2 Å². The molecule has 0 unspecified atom stereocenters. The minimum atomic E-state index is -0.0583. The summed E-state index contributed by atoms with van der Waals surface area (Å²) in [5, 5.41) is 8.19. The van der Waals surface area contributed by atoms with Gasteiger partial charge < -0.3 is 20.7 Å². The quantitative estimate of drug-likeness (QED) is 0.438. The summed E-state index contributed by atoms with van der Waals surface area (Å²) >= 11 is 0. The highest BCUT2D eigenvalue weighted by atomic mass is 16.5. The third kappa shape index (κ3) is 9.42. The minimum absolute atomic E-state index is 0.0198. The molecule has 0 aromatic heterocycles. The SMILES string of the molecule is CNC(=O)CCCNCC(=O)NCCOC. The van der Waals surface area contributed by atoms with Crippen LogP contribution in [0.15, 0.2) is 0 Å². The predicted octanol–water partition coefficient (Wildman–Crippen LogP) is -1.14. The van der Waals surface area contributed by atoms with Gasteiger partial charge in [-0.15, -0.1) is 0 Å². The standard InChI is InChI=1S/C10H21N3O3/c1-11-9(14)4-3-5-12-8-10(15)13-6-7-16-2/h12H,3-8H2,1-2H3,(H,11,14)(H,13,15). The maximum absolute atomic E-state index is 11.2. The Labute approximate surface area is 96.1 Å². The van der Waals surface area contributed by atoms with E-state index in [-0.39, 0.29) is 18.4 Å². The van der Waals surface area contributed by atoms with Gasteiger partial charge >= 0.3 is 0 Å². The Balaban J connectivity index is 3.24. The normalized spacial score (nSPS) is 9.88. The van der Waals surface area contributed by atoms with Crippen LogP contribution in [0.4, 0.5) is 0 Å². The van der Waals surface area contributed by atoms with Crippen molar-refractivity contribution >= 4 is 11.8 Å². The highest BCUT2D eigenvalue weighted by Crippen LogP contribution is 1.85. The van der Waals surface area contributed by atoms with Crippen LogP contribution in [-0.2, 0) is 14.3 Å². The molecule has 0 aliphatic carbocycles. The van der Waals surface area contributed by atoms with Gasteiger partial charge in [0.25, 0.3) is 0 Å². The van der Waals surface area contributed by atoms with Crippen LogP contribution in [0.2, 0.25) is 0 Å². The molecule has 0 aromatic carbocycles. The Hall–Kier alpha value is -1.14. The van der Waals surface area contributed by atoms with Crippen LogP contribution in [0.1, 0.15) is 12.8 Å².